The van der Waals surface area contributed by atoms with Gasteiger partial charge >= 0.3 is 0 Å². The molecule has 0 saturated carbocycles. The fraction of sp³-hybridized carbons (Fsp3) is 0.467. The Morgan fingerprint density at radius 1 is 1.43 bits per heavy atom. The van der Waals surface area contributed by atoms with E-state index in [4.69, 9.17) is 4.74 Å². The van der Waals surface area contributed by atoms with Gasteiger partial charge in [0.05, 0.1) is 12.2 Å². The number of carbonyl (C=O) groups is 2. The number of nitrogens with one attached hydrogen (secondary N) is 1. The van der Waals surface area contributed by atoms with Crippen molar-refractivity contribution in [2.75, 3.05) is 31.6 Å². The molecule has 0 aromatic heterocycles. The Hall–Kier alpha value is -2.24. The van der Waals surface area contributed by atoms with Crippen LogP contribution >= 0.6 is 0 Å². The average molecular weight is 287 g/mol. The van der Waals surface area contributed by atoms with E-state index in [0.29, 0.717) is 18.7 Å². The predicted octanol–water partition coefficient (Wildman–Crippen LogP) is 0.228. The Morgan fingerprint density at radius 2 is 2.29 bits per heavy atom. The normalized spacial score (nSPS) is 26.4. The molecule has 6 heteroatoms. The van der Waals surface area contributed by atoms with E-state index in [0.717, 1.165) is 24.4 Å². The van der Waals surface area contributed by atoms with Crippen molar-refractivity contribution in [2.45, 2.75) is 18.5 Å². The molecule has 110 valence electrons. The number of benzene rings is 1. The molecule has 0 aliphatic carbocycles. The molecule has 3 aliphatic rings. The second kappa shape index (κ2) is 4.38. The molecule has 2 fully saturated rings. The summed E-state index contributed by atoms with van der Waals surface area (Å²) in [5.74, 6) is 0.619. The number of piperazine rings is 1. The highest BCUT2D eigenvalue weighted by atomic mass is 16.5. The number of amides is 2. The van der Waals surface area contributed by atoms with Crippen LogP contribution in [0, 0.1) is 0 Å². The zero-order valence-electron chi connectivity index (χ0n) is 11.8. The van der Waals surface area contributed by atoms with E-state index < -0.39 is 0 Å². The molecule has 1 N–H and O–H groups in total. The Bertz CT molecular complexity index is 631. The largest absolute Gasteiger partial charge is 0.490 e. The minimum atomic E-state index is -0.304. The van der Waals surface area contributed by atoms with Crippen molar-refractivity contribution in [3.8, 4) is 5.75 Å². The molecule has 3 aliphatic heterocycles. The van der Waals surface area contributed by atoms with Gasteiger partial charge in [-0.2, -0.15) is 0 Å². The van der Waals surface area contributed by atoms with E-state index in [2.05, 4.69) is 10.2 Å². The minimum absolute atomic E-state index is 0.0338. The molecule has 0 spiro atoms. The van der Waals surface area contributed by atoms with Gasteiger partial charge < -0.3 is 19.9 Å². The third kappa shape index (κ3) is 1.86. The first kappa shape index (κ1) is 12.5. The van der Waals surface area contributed by atoms with Gasteiger partial charge in [-0.25, -0.2) is 0 Å². The number of likely N-dealkylation sites (tertiary alicyclic amines) is 1. The number of carbonyl (C=O) groups excluding carboxylic acids is 2. The lowest BCUT2D eigenvalue weighted by Gasteiger charge is -2.29. The first-order valence-corrected chi connectivity index (χ1v) is 7.23. The van der Waals surface area contributed by atoms with Crippen LogP contribution in [-0.2, 0) is 4.79 Å². The van der Waals surface area contributed by atoms with Gasteiger partial charge in [0.2, 0.25) is 5.91 Å². The lowest BCUT2D eigenvalue weighted by atomic mass is 10.1. The summed E-state index contributed by atoms with van der Waals surface area (Å²) in [6.45, 7) is 2.07. The summed E-state index contributed by atoms with van der Waals surface area (Å²) >= 11 is 0. The lowest BCUT2D eigenvalue weighted by Crippen LogP contribution is -2.50. The van der Waals surface area contributed by atoms with E-state index in [-0.39, 0.29) is 23.9 Å². The van der Waals surface area contributed by atoms with Crippen molar-refractivity contribution in [1.82, 2.24) is 10.2 Å². The highest BCUT2D eigenvalue weighted by Gasteiger charge is 2.46. The average Bonchev–Trinajstić information content (AvgIpc) is 3.05. The smallest absolute Gasteiger partial charge is 0.254 e. The van der Waals surface area contributed by atoms with Crippen LogP contribution in [0.2, 0.25) is 0 Å². The van der Waals surface area contributed by atoms with Gasteiger partial charge in [-0.15, -0.1) is 0 Å². The first-order chi connectivity index (χ1) is 10.1. The number of rotatable bonds is 1. The standard InChI is InChI=1S/C15H17N3O3/c1-17-4-5-21-13-6-9(2-3-11(13)17)15(20)18-8-10-7-12(18)14(19)16-10/h2-3,6,10,12H,4-5,7-8H2,1H3,(H,16,19)/t10-,12-/m0/s1. The summed E-state index contributed by atoms with van der Waals surface area (Å²) in [5.41, 5.74) is 1.59. The van der Waals surface area contributed by atoms with Gasteiger partial charge in [-0.1, -0.05) is 0 Å². The second-order valence-corrected chi connectivity index (χ2v) is 5.87. The minimum Gasteiger partial charge on any atom is -0.490 e. The van der Waals surface area contributed by atoms with E-state index in [1.165, 1.54) is 0 Å². The molecule has 6 nitrogen and oxygen atoms in total. The zero-order valence-corrected chi connectivity index (χ0v) is 11.8. The van der Waals surface area contributed by atoms with Crippen molar-refractivity contribution >= 4 is 17.5 Å². The number of ether oxygens (including phenoxy) is 1. The molecule has 1 aromatic carbocycles. The predicted molar refractivity (Wildman–Crippen MR) is 76.6 cm³/mol. The first-order valence-electron chi connectivity index (χ1n) is 7.23. The van der Waals surface area contributed by atoms with Gasteiger partial charge in [-0.05, 0) is 24.6 Å². The molecule has 2 amide bonds. The maximum atomic E-state index is 12.6. The summed E-state index contributed by atoms with van der Waals surface area (Å²) in [6.07, 6.45) is 0.731. The maximum Gasteiger partial charge on any atom is 0.254 e. The molecule has 0 unspecified atom stereocenters. The van der Waals surface area contributed by atoms with Gasteiger partial charge in [0.15, 0.2) is 0 Å². The van der Waals surface area contributed by atoms with Crippen LogP contribution < -0.4 is 15.0 Å². The second-order valence-electron chi connectivity index (χ2n) is 5.87. The Balaban J connectivity index is 1.62. The van der Waals surface area contributed by atoms with Crippen LogP contribution in [0.3, 0.4) is 0 Å². The topological polar surface area (TPSA) is 61.9 Å². The molecule has 2 atom stereocenters. The van der Waals surface area contributed by atoms with E-state index in [9.17, 15) is 9.59 Å². The van der Waals surface area contributed by atoms with Gasteiger partial charge in [-0.3, -0.25) is 9.59 Å². The molecule has 2 bridgehead atoms. The number of hydrogen-bond donors (Lipinski definition) is 1. The number of likely N-dealkylation sites (N-methyl/N-ethyl adjacent to an activating group) is 1. The third-order valence-corrected chi connectivity index (χ3v) is 4.51. The monoisotopic (exact) mass is 287 g/mol. The molecular formula is C15H17N3O3. The van der Waals surface area contributed by atoms with Crippen LogP contribution in [0.5, 0.6) is 5.75 Å². The van der Waals surface area contributed by atoms with Crippen molar-refractivity contribution in [2.24, 2.45) is 0 Å². The number of anilines is 1. The highest BCUT2D eigenvalue weighted by molar-refractivity contribution is 6.00. The fourth-order valence-corrected chi connectivity index (χ4v) is 3.37. The fourth-order valence-electron chi connectivity index (χ4n) is 3.37. The molecular weight excluding hydrogens is 270 g/mol. The van der Waals surface area contributed by atoms with Crippen LogP contribution in [0.15, 0.2) is 18.2 Å². The van der Waals surface area contributed by atoms with Crippen LogP contribution in [-0.4, -0.2) is 55.5 Å². The van der Waals surface area contributed by atoms with Crippen molar-refractivity contribution in [1.29, 1.82) is 0 Å². The third-order valence-electron chi connectivity index (χ3n) is 4.51. The van der Waals surface area contributed by atoms with E-state index >= 15 is 0 Å². The Labute approximate surface area is 122 Å². The summed E-state index contributed by atoms with van der Waals surface area (Å²) in [5, 5.41) is 2.88. The van der Waals surface area contributed by atoms with Gasteiger partial charge in [0.1, 0.15) is 18.4 Å². The Morgan fingerprint density at radius 3 is 3.05 bits per heavy atom. The number of fused-ring (bicyclic) bond motifs is 3. The molecule has 3 heterocycles. The summed E-state index contributed by atoms with van der Waals surface area (Å²) in [7, 11) is 2.01. The Kier molecular flexibility index (Phi) is 2.60. The van der Waals surface area contributed by atoms with Crippen LogP contribution in [0.25, 0.3) is 0 Å². The van der Waals surface area contributed by atoms with E-state index in [1.807, 2.05) is 19.2 Å². The number of hydrogen-bond acceptors (Lipinski definition) is 4. The maximum absolute atomic E-state index is 12.6. The lowest BCUT2D eigenvalue weighted by molar-refractivity contribution is -0.124. The highest BCUT2D eigenvalue weighted by Crippen LogP contribution is 2.33. The number of nitrogens with zero attached hydrogens (tertiary/aromatic N) is 2. The summed E-state index contributed by atoms with van der Waals surface area (Å²) in [4.78, 5) is 28.1. The zero-order chi connectivity index (χ0) is 14.6. The van der Waals surface area contributed by atoms with Crippen molar-refractivity contribution < 1.29 is 14.3 Å². The van der Waals surface area contributed by atoms with Crippen molar-refractivity contribution in [3.05, 3.63) is 23.8 Å². The van der Waals surface area contributed by atoms with Gasteiger partial charge in [0, 0.05) is 25.2 Å². The quantitative estimate of drug-likeness (QED) is 0.803. The van der Waals surface area contributed by atoms with Gasteiger partial charge in [0.25, 0.3) is 5.91 Å². The van der Waals surface area contributed by atoms with E-state index in [1.54, 1.807) is 11.0 Å². The molecule has 4 rings (SSSR count). The van der Waals surface area contributed by atoms with Crippen molar-refractivity contribution in [3.63, 3.8) is 0 Å². The summed E-state index contributed by atoms with van der Waals surface area (Å²) in [6, 6.07) is 5.33. The van der Waals surface area contributed by atoms with Crippen LogP contribution in [0.4, 0.5) is 5.69 Å². The van der Waals surface area contributed by atoms with Crippen LogP contribution in [0.1, 0.15) is 16.8 Å². The molecule has 2 saturated heterocycles. The molecule has 0 radical (unpaired) electrons. The SMILES string of the molecule is CN1CCOc2cc(C(=O)N3C[C@@H]4C[C@H]3C(=O)N4)ccc21. The molecule has 21 heavy (non-hydrogen) atoms. The summed E-state index contributed by atoms with van der Waals surface area (Å²) < 4.78 is 5.64. The molecule has 1 aromatic rings.